The second kappa shape index (κ2) is 5.75. The van der Waals surface area contributed by atoms with E-state index in [1.807, 2.05) is 18.2 Å². The number of halogens is 1. The molecule has 3 rings (SSSR count). The average Bonchev–Trinajstić information content (AvgIpc) is 2.49. The van der Waals surface area contributed by atoms with Crippen LogP contribution in [0.25, 0.3) is 10.9 Å². The second-order valence-electron chi connectivity index (χ2n) is 4.80. The van der Waals surface area contributed by atoms with Crippen LogP contribution in [0.4, 0.5) is 15.9 Å². The fourth-order valence-corrected chi connectivity index (χ4v) is 2.19. The first-order chi connectivity index (χ1) is 10.2. The lowest BCUT2D eigenvalue weighted by molar-refractivity contribution is 0.627. The molecule has 3 aromatic rings. The third kappa shape index (κ3) is 3.08. The van der Waals surface area contributed by atoms with Crippen molar-refractivity contribution in [2.24, 2.45) is 0 Å². The van der Waals surface area contributed by atoms with Crippen molar-refractivity contribution in [3.8, 4) is 0 Å². The van der Waals surface area contributed by atoms with Crippen LogP contribution in [0.5, 0.6) is 0 Å². The molecule has 0 saturated carbocycles. The van der Waals surface area contributed by atoms with E-state index in [0.29, 0.717) is 12.2 Å². The number of fused-ring (bicyclic) bond motifs is 1. The molecule has 0 atom stereocenters. The van der Waals surface area contributed by atoms with Crippen molar-refractivity contribution in [2.75, 3.05) is 17.6 Å². The van der Waals surface area contributed by atoms with Crippen molar-refractivity contribution in [1.29, 1.82) is 0 Å². The molecule has 0 unspecified atom stereocenters. The van der Waals surface area contributed by atoms with E-state index in [4.69, 9.17) is 5.73 Å². The van der Waals surface area contributed by atoms with E-state index >= 15 is 0 Å². The molecule has 0 amide bonds. The van der Waals surface area contributed by atoms with Crippen molar-refractivity contribution in [2.45, 2.75) is 6.42 Å². The van der Waals surface area contributed by atoms with Crippen LogP contribution in [-0.2, 0) is 6.42 Å². The van der Waals surface area contributed by atoms with Crippen LogP contribution < -0.4 is 11.1 Å². The summed E-state index contributed by atoms with van der Waals surface area (Å²) in [5, 5.41) is 4.22. The summed E-state index contributed by atoms with van der Waals surface area (Å²) in [7, 11) is 0. The number of nitrogens with two attached hydrogens (primary N) is 1. The molecule has 4 nitrogen and oxygen atoms in total. The first-order valence-electron chi connectivity index (χ1n) is 6.71. The van der Waals surface area contributed by atoms with E-state index in [9.17, 15) is 4.39 Å². The van der Waals surface area contributed by atoms with Gasteiger partial charge in [0, 0.05) is 17.6 Å². The van der Waals surface area contributed by atoms with E-state index in [1.165, 1.54) is 18.5 Å². The Morgan fingerprint density at radius 1 is 1.05 bits per heavy atom. The SMILES string of the molecule is Nc1ccc2c(NCCc3ccc(F)cc3)ncnc2c1. The van der Waals surface area contributed by atoms with Crippen LogP contribution in [0.2, 0.25) is 0 Å². The molecule has 21 heavy (non-hydrogen) atoms. The molecule has 1 aromatic heterocycles. The molecule has 0 radical (unpaired) electrons. The third-order valence-corrected chi connectivity index (χ3v) is 3.28. The number of nitrogen functional groups attached to an aromatic ring is 1. The molecular formula is C16H15FN4. The summed E-state index contributed by atoms with van der Waals surface area (Å²) in [6, 6.07) is 12.1. The molecule has 5 heteroatoms. The van der Waals surface area contributed by atoms with Gasteiger partial charge in [-0.15, -0.1) is 0 Å². The van der Waals surface area contributed by atoms with E-state index in [2.05, 4.69) is 15.3 Å². The topological polar surface area (TPSA) is 63.8 Å². The van der Waals surface area contributed by atoms with Crippen LogP contribution in [-0.4, -0.2) is 16.5 Å². The Labute approximate surface area is 121 Å². The first kappa shape index (κ1) is 13.3. The van der Waals surface area contributed by atoms with Gasteiger partial charge in [-0.25, -0.2) is 14.4 Å². The highest BCUT2D eigenvalue weighted by atomic mass is 19.1. The van der Waals surface area contributed by atoms with Gasteiger partial charge >= 0.3 is 0 Å². The predicted octanol–water partition coefficient (Wildman–Crippen LogP) is 3.01. The highest BCUT2D eigenvalue weighted by Crippen LogP contribution is 2.21. The van der Waals surface area contributed by atoms with Gasteiger partial charge in [-0.1, -0.05) is 12.1 Å². The minimum absolute atomic E-state index is 0.217. The van der Waals surface area contributed by atoms with E-state index < -0.39 is 0 Å². The lowest BCUT2D eigenvalue weighted by Crippen LogP contribution is -2.07. The Kier molecular flexibility index (Phi) is 3.64. The summed E-state index contributed by atoms with van der Waals surface area (Å²) in [6.07, 6.45) is 2.31. The van der Waals surface area contributed by atoms with Crippen molar-refractivity contribution in [3.63, 3.8) is 0 Å². The maximum Gasteiger partial charge on any atom is 0.137 e. The number of anilines is 2. The summed E-state index contributed by atoms with van der Waals surface area (Å²) in [4.78, 5) is 8.46. The van der Waals surface area contributed by atoms with E-state index in [0.717, 1.165) is 28.7 Å². The summed E-state index contributed by atoms with van der Waals surface area (Å²) in [6.45, 7) is 0.710. The van der Waals surface area contributed by atoms with Crippen molar-refractivity contribution in [1.82, 2.24) is 9.97 Å². The summed E-state index contributed by atoms with van der Waals surface area (Å²) in [5.74, 6) is 0.563. The second-order valence-corrected chi connectivity index (χ2v) is 4.80. The Morgan fingerprint density at radius 2 is 1.86 bits per heavy atom. The minimum atomic E-state index is -0.217. The fourth-order valence-electron chi connectivity index (χ4n) is 2.19. The first-order valence-corrected chi connectivity index (χ1v) is 6.71. The van der Waals surface area contributed by atoms with Crippen molar-refractivity contribution in [3.05, 3.63) is 60.2 Å². The van der Waals surface area contributed by atoms with Crippen LogP contribution in [0.15, 0.2) is 48.8 Å². The molecule has 106 valence electrons. The molecule has 0 spiro atoms. The zero-order valence-corrected chi connectivity index (χ0v) is 11.4. The van der Waals surface area contributed by atoms with Gasteiger partial charge in [-0.2, -0.15) is 0 Å². The Balaban J connectivity index is 1.72. The van der Waals surface area contributed by atoms with Gasteiger partial charge < -0.3 is 11.1 Å². The lowest BCUT2D eigenvalue weighted by atomic mass is 10.1. The van der Waals surface area contributed by atoms with Gasteiger partial charge in [0.1, 0.15) is 18.0 Å². The largest absolute Gasteiger partial charge is 0.399 e. The lowest BCUT2D eigenvalue weighted by Gasteiger charge is -2.08. The number of nitrogens with one attached hydrogen (secondary N) is 1. The Hall–Kier alpha value is -2.69. The molecule has 0 bridgehead atoms. The molecular weight excluding hydrogens is 267 g/mol. The van der Waals surface area contributed by atoms with Crippen LogP contribution in [0.3, 0.4) is 0 Å². The number of rotatable bonds is 4. The van der Waals surface area contributed by atoms with E-state index in [-0.39, 0.29) is 5.82 Å². The van der Waals surface area contributed by atoms with Crippen LogP contribution in [0.1, 0.15) is 5.56 Å². The van der Waals surface area contributed by atoms with Gasteiger partial charge in [0.25, 0.3) is 0 Å². The van der Waals surface area contributed by atoms with Gasteiger partial charge in [0.2, 0.25) is 0 Å². The smallest absolute Gasteiger partial charge is 0.137 e. The quantitative estimate of drug-likeness (QED) is 0.722. The number of hydrogen-bond donors (Lipinski definition) is 2. The highest BCUT2D eigenvalue weighted by molar-refractivity contribution is 5.90. The zero-order valence-electron chi connectivity index (χ0n) is 11.4. The summed E-state index contributed by atoms with van der Waals surface area (Å²) in [5.41, 5.74) is 8.32. The monoisotopic (exact) mass is 282 g/mol. The molecule has 0 aliphatic heterocycles. The number of benzene rings is 2. The Morgan fingerprint density at radius 3 is 2.67 bits per heavy atom. The predicted molar refractivity (Wildman–Crippen MR) is 82.5 cm³/mol. The summed E-state index contributed by atoms with van der Waals surface area (Å²) >= 11 is 0. The molecule has 1 heterocycles. The average molecular weight is 282 g/mol. The molecule has 0 aliphatic rings. The Bertz CT molecular complexity index is 756. The maximum absolute atomic E-state index is 12.8. The van der Waals surface area contributed by atoms with Gasteiger partial charge in [-0.05, 0) is 42.3 Å². The number of nitrogens with zero attached hydrogens (tertiary/aromatic N) is 2. The third-order valence-electron chi connectivity index (χ3n) is 3.28. The molecule has 3 N–H and O–H groups in total. The fraction of sp³-hybridized carbons (Fsp3) is 0.125. The molecule has 0 saturated heterocycles. The molecule has 0 aliphatic carbocycles. The molecule has 2 aromatic carbocycles. The number of aromatic nitrogens is 2. The van der Waals surface area contributed by atoms with E-state index in [1.54, 1.807) is 12.1 Å². The van der Waals surface area contributed by atoms with Gasteiger partial charge in [0.05, 0.1) is 5.52 Å². The van der Waals surface area contributed by atoms with Crippen molar-refractivity contribution >= 4 is 22.4 Å². The highest BCUT2D eigenvalue weighted by Gasteiger charge is 2.03. The maximum atomic E-state index is 12.8. The number of hydrogen-bond acceptors (Lipinski definition) is 4. The normalized spacial score (nSPS) is 10.7. The standard InChI is InChI=1S/C16H15FN4/c17-12-3-1-11(2-4-12)7-8-19-16-14-6-5-13(18)9-15(14)20-10-21-16/h1-6,9-10H,7-8,18H2,(H,19,20,21). The van der Waals surface area contributed by atoms with Crippen LogP contribution in [0, 0.1) is 5.82 Å². The van der Waals surface area contributed by atoms with Gasteiger partial charge in [0.15, 0.2) is 0 Å². The minimum Gasteiger partial charge on any atom is -0.399 e. The van der Waals surface area contributed by atoms with Gasteiger partial charge in [-0.3, -0.25) is 0 Å². The van der Waals surface area contributed by atoms with Crippen molar-refractivity contribution < 1.29 is 4.39 Å². The molecule has 0 fully saturated rings. The van der Waals surface area contributed by atoms with Crippen LogP contribution >= 0.6 is 0 Å². The zero-order chi connectivity index (χ0) is 14.7. The summed E-state index contributed by atoms with van der Waals surface area (Å²) < 4.78 is 12.8.